The Hall–Kier alpha value is -3.09. The van der Waals surface area contributed by atoms with Gasteiger partial charge in [-0.25, -0.2) is 9.38 Å². The van der Waals surface area contributed by atoms with E-state index in [1.165, 1.54) is 17.8 Å². The Morgan fingerprint density at radius 1 is 1.03 bits per heavy atom. The summed E-state index contributed by atoms with van der Waals surface area (Å²) in [4.78, 5) is 16.9. The molecule has 150 valence electrons. The lowest BCUT2D eigenvalue weighted by molar-refractivity contribution is -0.115. The zero-order chi connectivity index (χ0) is 20.9. The van der Waals surface area contributed by atoms with Crippen LogP contribution in [0, 0.1) is 5.82 Å². The van der Waals surface area contributed by atoms with E-state index in [4.69, 9.17) is 16.3 Å². The largest absolute Gasteiger partial charge is 0.489 e. The Bertz CT molecular complexity index is 1130. The number of hydrogen-bond acceptors (Lipinski definition) is 4. The van der Waals surface area contributed by atoms with Crippen LogP contribution < -0.4 is 10.1 Å². The predicted octanol–water partition coefficient (Wildman–Crippen LogP) is 5.95. The number of aliphatic imine (C=N–C) groups is 1. The fourth-order valence-corrected chi connectivity index (χ4v) is 3.65. The van der Waals surface area contributed by atoms with Crippen LogP contribution in [0.25, 0.3) is 6.08 Å². The number of nitrogens with zero attached hydrogens (tertiary/aromatic N) is 1. The molecule has 3 aromatic rings. The van der Waals surface area contributed by atoms with E-state index in [0.29, 0.717) is 21.7 Å². The minimum atomic E-state index is -0.438. The van der Waals surface area contributed by atoms with Crippen molar-refractivity contribution in [3.05, 3.63) is 99.7 Å². The highest BCUT2D eigenvalue weighted by molar-refractivity contribution is 8.18. The lowest BCUT2D eigenvalue weighted by Crippen LogP contribution is -2.19. The van der Waals surface area contributed by atoms with Crippen molar-refractivity contribution in [1.82, 2.24) is 5.32 Å². The van der Waals surface area contributed by atoms with Crippen LogP contribution >= 0.6 is 23.4 Å². The van der Waals surface area contributed by atoms with E-state index in [9.17, 15) is 9.18 Å². The van der Waals surface area contributed by atoms with Crippen LogP contribution in [0.3, 0.4) is 0 Å². The highest BCUT2D eigenvalue weighted by Crippen LogP contribution is 2.29. The van der Waals surface area contributed by atoms with Crippen molar-refractivity contribution in [2.24, 2.45) is 4.99 Å². The standard InChI is InChI=1S/C23H16ClFN2O2S/c24-17-9-5-16(6-10-17)14-29-18-11-7-15(8-12-18)13-21-22(28)27-23(30-21)26-20-4-2-1-3-19(20)25/h1-13H,14H2,(H,26,27,28). The third kappa shape index (κ3) is 5.09. The first-order valence-electron chi connectivity index (χ1n) is 9.08. The van der Waals surface area contributed by atoms with Gasteiger partial charge in [-0.2, -0.15) is 0 Å². The number of ether oxygens (including phenoxy) is 1. The van der Waals surface area contributed by atoms with E-state index in [1.807, 2.05) is 48.5 Å². The van der Waals surface area contributed by atoms with Crippen molar-refractivity contribution in [2.45, 2.75) is 6.61 Å². The lowest BCUT2D eigenvalue weighted by atomic mass is 10.2. The maximum atomic E-state index is 13.7. The normalized spacial score (nSPS) is 16.1. The second kappa shape index (κ2) is 9.15. The Kier molecular flexibility index (Phi) is 6.16. The molecule has 1 aliphatic heterocycles. The summed E-state index contributed by atoms with van der Waals surface area (Å²) in [6, 6.07) is 21.1. The Morgan fingerprint density at radius 3 is 2.50 bits per heavy atom. The SMILES string of the molecule is O=C1NC(=Nc2ccccc2F)SC1=Cc1ccc(OCc2ccc(Cl)cc2)cc1. The Balaban J connectivity index is 1.41. The second-order valence-electron chi connectivity index (χ2n) is 6.42. The maximum absolute atomic E-state index is 13.7. The van der Waals surface area contributed by atoms with E-state index in [-0.39, 0.29) is 11.6 Å². The molecule has 0 saturated carbocycles. The van der Waals surface area contributed by atoms with Gasteiger partial charge in [0.15, 0.2) is 5.17 Å². The summed E-state index contributed by atoms with van der Waals surface area (Å²) in [5.41, 5.74) is 2.05. The van der Waals surface area contributed by atoms with Crippen LogP contribution in [0.5, 0.6) is 5.75 Å². The molecular formula is C23H16ClFN2O2S. The quantitative estimate of drug-likeness (QED) is 0.501. The maximum Gasteiger partial charge on any atom is 0.264 e. The molecule has 1 N–H and O–H groups in total. The molecule has 1 amide bonds. The van der Waals surface area contributed by atoms with Crippen molar-refractivity contribution in [3.8, 4) is 5.75 Å². The molecule has 1 aliphatic rings. The minimum Gasteiger partial charge on any atom is -0.489 e. The highest BCUT2D eigenvalue weighted by Gasteiger charge is 2.24. The van der Waals surface area contributed by atoms with Gasteiger partial charge in [-0.1, -0.05) is 48.0 Å². The molecule has 1 fully saturated rings. The summed E-state index contributed by atoms with van der Waals surface area (Å²) < 4.78 is 19.5. The summed E-state index contributed by atoms with van der Waals surface area (Å²) >= 11 is 7.05. The fourth-order valence-electron chi connectivity index (χ4n) is 2.69. The molecule has 4 rings (SSSR count). The molecule has 1 saturated heterocycles. The topological polar surface area (TPSA) is 50.7 Å². The van der Waals surface area contributed by atoms with E-state index in [1.54, 1.807) is 24.3 Å². The summed E-state index contributed by atoms with van der Waals surface area (Å²) in [5, 5.41) is 3.69. The first-order valence-corrected chi connectivity index (χ1v) is 10.3. The zero-order valence-corrected chi connectivity index (χ0v) is 17.2. The average Bonchev–Trinajstić information content (AvgIpc) is 3.09. The van der Waals surface area contributed by atoms with Gasteiger partial charge >= 0.3 is 0 Å². The smallest absolute Gasteiger partial charge is 0.264 e. The van der Waals surface area contributed by atoms with Crippen LogP contribution in [0.2, 0.25) is 5.02 Å². The van der Waals surface area contributed by atoms with Gasteiger partial charge in [-0.05, 0) is 65.4 Å². The molecule has 0 atom stereocenters. The van der Waals surface area contributed by atoms with Crippen molar-refractivity contribution >= 4 is 46.2 Å². The molecule has 7 heteroatoms. The molecule has 0 aliphatic carbocycles. The first kappa shape index (κ1) is 20.2. The van der Waals surface area contributed by atoms with E-state index in [0.717, 1.165) is 16.9 Å². The van der Waals surface area contributed by atoms with E-state index < -0.39 is 5.82 Å². The third-order valence-electron chi connectivity index (χ3n) is 4.22. The summed E-state index contributed by atoms with van der Waals surface area (Å²) in [6.07, 6.45) is 1.76. The number of halogens is 2. The van der Waals surface area contributed by atoms with Gasteiger partial charge in [0, 0.05) is 5.02 Å². The molecule has 1 heterocycles. The van der Waals surface area contributed by atoms with Crippen LogP contribution in [-0.4, -0.2) is 11.1 Å². The summed E-state index contributed by atoms with van der Waals surface area (Å²) in [6.45, 7) is 0.436. The van der Waals surface area contributed by atoms with Gasteiger partial charge in [0.1, 0.15) is 23.9 Å². The molecule has 0 unspecified atom stereocenters. The van der Waals surface area contributed by atoms with E-state index >= 15 is 0 Å². The average molecular weight is 439 g/mol. The van der Waals surface area contributed by atoms with E-state index in [2.05, 4.69) is 10.3 Å². The highest BCUT2D eigenvalue weighted by atomic mass is 35.5. The van der Waals surface area contributed by atoms with Crippen LogP contribution in [-0.2, 0) is 11.4 Å². The van der Waals surface area contributed by atoms with Gasteiger partial charge in [0.25, 0.3) is 5.91 Å². The summed E-state index contributed by atoms with van der Waals surface area (Å²) in [5.74, 6) is 0.0158. The molecule has 0 aromatic heterocycles. The molecule has 4 nitrogen and oxygen atoms in total. The monoisotopic (exact) mass is 438 g/mol. The first-order chi connectivity index (χ1) is 14.6. The Morgan fingerprint density at radius 2 is 1.77 bits per heavy atom. The molecule has 0 spiro atoms. The van der Waals surface area contributed by atoms with Gasteiger partial charge < -0.3 is 10.1 Å². The fraction of sp³-hybridized carbons (Fsp3) is 0.0435. The lowest BCUT2D eigenvalue weighted by Gasteiger charge is -2.06. The van der Waals surface area contributed by atoms with Crippen molar-refractivity contribution in [3.63, 3.8) is 0 Å². The van der Waals surface area contributed by atoms with Gasteiger partial charge in [0.05, 0.1) is 4.91 Å². The van der Waals surface area contributed by atoms with Crippen molar-refractivity contribution < 1.29 is 13.9 Å². The van der Waals surface area contributed by atoms with Crippen molar-refractivity contribution in [1.29, 1.82) is 0 Å². The van der Waals surface area contributed by atoms with Gasteiger partial charge in [-0.3, -0.25) is 4.79 Å². The van der Waals surface area contributed by atoms with Crippen LogP contribution in [0.1, 0.15) is 11.1 Å². The number of rotatable bonds is 5. The number of amidine groups is 1. The van der Waals surface area contributed by atoms with Gasteiger partial charge in [0.2, 0.25) is 0 Å². The number of para-hydroxylation sites is 1. The number of amides is 1. The summed E-state index contributed by atoms with van der Waals surface area (Å²) in [7, 11) is 0. The third-order valence-corrected chi connectivity index (χ3v) is 5.38. The molecule has 3 aromatic carbocycles. The molecule has 0 radical (unpaired) electrons. The predicted molar refractivity (Wildman–Crippen MR) is 119 cm³/mol. The number of carbonyl (C=O) groups is 1. The van der Waals surface area contributed by atoms with Crippen LogP contribution in [0.4, 0.5) is 10.1 Å². The second-order valence-corrected chi connectivity index (χ2v) is 7.88. The molecule has 0 bridgehead atoms. The number of benzene rings is 3. The Labute approximate surface area is 182 Å². The number of hydrogen-bond donors (Lipinski definition) is 1. The van der Waals surface area contributed by atoms with Gasteiger partial charge in [-0.15, -0.1) is 0 Å². The number of carbonyl (C=O) groups excluding carboxylic acids is 1. The number of nitrogens with one attached hydrogen (secondary N) is 1. The molecule has 30 heavy (non-hydrogen) atoms. The zero-order valence-electron chi connectivity index (χ0n) is 15.6. The molecular weight excluding hydrogens is 423 g/mol. The van der Waals surface area contributed by atoms with Crippen molar-refractivity contribution in [2.75, 3.05) is 0 Å². The minimum absolute atomic E-state index is 0.184. The van der Waals surface area contributed by atoms with Crippen LogP contribution in [0.15, 0.2) is 82.7 Å². The number of thioether (sulfide) groups is 1.